The Labute approximate surface area is 186 Å². The summed E-state index contributed by atoms with van der Waals surface area (Å²) in [6.07, 6.45) is 2.05. The molecule has 10 heteroatoms. The molecule has 1 aliphatic rings. The number of hydrogen-bond donors (Lipinski definition) is 1. The van der Waals surface area contributed by atoms with Crippen molar-refractivity contribution in [2.45, 2.75) is 65.8 Å². The van der Waals surface area contributed by atoms with E-state index in [2.05, 4.69) is 10.3 Å². The maximum absolute atomic E-state index is 12.9. The molecule has 0 spiro atoms. The smallest absolute Gasteiger partial charge is 0.409 e. The van der Waals surface area contributed by atoms with Gasteiger partial charge in [-0.05, 0) is 19.3 Å². The number of ether oxygens (including phenoxy) is 2. The van der Waals surface area contributed by atoms with E-state index in [0.29, 0.717) is 44.8 Å². The van der Waals surface area contributed by atoms with Crippen LogP contribution in [0.25, 0.3) is 0 Å². The minimum absolute atomic E-state index is 0. The molecule has 3 atom stereocenters. The number of aliphatic hydroxyl groups excluding tert-OH is 1. The number of fused-ring (bicyclic) bond motifs is 2. The summed E-state index contributed by atoms with van der Waals surface area (Å²) in [6.45, 7) is 9.59. The van der Waals surface area contributed by atoms with Crippen LogP contribution in [0.2, 0.25) is 0 Å². The van der Waals surface area contributed by atoms with Crippen molar-refractivity contribution in [3.05, 3.63) is 11.9 Å². The van der Waals surface area contributed by atoms with Crippen LogP contribution in [0.1, 0.15) is 47.7 Å². The second-order valence-electron chi connectivity index (χ2n) is 8.83. The molecule has 31 heavy (non-hydrogen) atoms. The highest BCUT2D eigenvalue weighted by Crippen LogP contribution is 2.17. The Balaban J connectivity index is 0.00000512. The monoisotopic (exact) mass is 441 g/mol. The number of aliphatic hydroxyl groups is 1. The number of carbonyl (C=O) groups is 2. The summed E-state index contributed by atoms with van der Waals surface area (Å²) >= 11 is 0. The van der Waals surface area contributed by atoms with E-state index < -0.39 is 6.09 Å². The lowest BCUT2D eigenvalue weighted by Crippen LogP contribution is -2.47. The van der Waals surface area contributed by atoms with Gasteiger partial charge >= 0.3 is 6.09 Å². The molecular weight excluding hydrogens is 402 g/mol. The quantitative estimate of drug-likeness (QED) is 0.716. The average Bonchev–Trinajstić information content (AvgIpc) is 3.19. The maximum Gasteiger partial charge on any atom is 0.409 e. The van der Waals surface area contributed by atoms with Crippen LogP contribution in [0.4, 0.5) is 4.79 Å². The first-order chi connectivity index (χ1) is 14.7. The van der Waals surface area contributed by atoms with Gasteiger partial charge in [0.2, 0.25) is 5.91 Å². The summed E-state index contributed by atoms with van der Waals surface area (Å²) in [6, 6.07) is -0.299. The number of nitrogens with zero attached hydrogens (tertiary/aromatic N) is 5. The highest BCUT2D eigenvalue weighted by molar-refractivity contribution is 5.76. The summed E-state index contributed by atoms with van der Waals surface area (Å²) in [4.78, 5) is 28.4. The minimum Gasteiger partial charge on any atom is -0.449 e. The summed E-state index contributed by atoms with van der Waals surface area (Å²) in [5.41, 5.74) is 0.702. The van der Waals surface area contributed by atoms with E-state index in [1.807, 2.05) is 33.9 Å². The van der Waals surface area contributed by atoms with E-state index in [0.717, 1.165) is 0 Å². The summed E-state index contributed by atoms with van der Waals surface area (Å²) in [7, 11) is 1.68. The van der Waals surface area contributed by atoms with Crippen molar-refractivity contribution in [1.82, 2.24) is 24.8 Å². The lowest BCUT2D eigenvalue weighted by Gasteiger charge is -2.35. The van der Waals surface area contributed by atoms with Gasteiger partial charge in [-0.2, -0.15) is 0 Å². The van der Waals surface area contributed by atoms with Gasteiger partial charge in [-0.15, -0.1) is 5.10 Å². The number of aryl methyl sites for hydroxylation is 1. The van der Waals surface area contributed by atoms with Crippen molar-refractivity contribution in [3.63, 3.8) is 0 Å². The first kappa shape index (κ1) is 25.1. The molecule has 0 saturated carbocycles. The third-order valence-corrected chi connectivity index (χ3v) is 5.35. The third kappa shape index (κ3) is 7.77. The molecule has 0 unspecified atom stereocenters. The molecule has 2 bridgehead atoms. The molecule has 0 fully saturated rings. The second kappa shape index (κ2) is 12.0. The van der Waals surface area contributed by atoms with Crippen LogP contribution in [-0.4, -0.2) is 87.4 Å². The van der Waals surface area contributed by atoms with Crippen LogP contribution >= 0.6 is 0 Å². The molecular formula is C21H39N5O5. The lowest BCUT2D eigenvalue weighted by atomic mass is 10.0. The highest BCUT2D eigenvalue weighted by Gasteiger charge is 2.29. The number of aromatic nitrogens is 3. The molecule has 1 aliphatic heterocycles. The zero-order valence-corrected chi connectivity index (χ0v) is 19.4. The Morgan fingerprint density at radius 1 is 1.45 bits per heavy atom. The first-order valence-corrected chi connectivity index (χ1v) is 11.0. The Hall–Kier alpha value is -2.20. The fraction of sp³-hybridized carbons (Fsp3) is 0.810. The molecule has 178 valence electrons. The summed E-state index contributed by atoms with van der Waals surface area (Å²) in [5, 5.41) is 17.9. The standard InChI is InChI=1S/C21H37N5O5.H2/c1-15(2)13-31-21(29)24(5)11-19-16(3)9-26(17(4)12-27)20(28)7-6-8-25-10-18(14-30-19)22-23-25;/h10,15-17,19,27H,6-9,11-14H2,1-5H3;1H/t16-,17-,19-;/m0./s1. The molecule has 0 saturated heterocycles. The van der Waals surface area contributed by atoms with Crippen molar-refractivity contribution in [2.75, 3.05) is 33.4 Å². The van der Waals surface area contributed by atoms with Crippen molar-refractivity contribution in [1.29, 1.82) is 0 Å². The SMILES string of the molecule is CC(C)COC(=O)N(C)C[C@@H]1OCc2cn(nn2)CCCC(=O)N([C@@H](C)CO)C[C@@H]1C.[HH]. The fourth-order valence-corrected chi connectivity index (χ4v) is 3.39. The molecule has 1 N–H and O–H groups in total. The molecule has 0 radical (unpaired) electrons. The molecule has 2 rings (SSSR count). The molecule has 2 heterocycles. The number of likely N-dealkylation sites (N-methyl/N-ethyl adjacent to an activating group) is 1. The molecule has 2 amide bonds. The number of carbonyl (C=O) groups excluding carboxylic acids is 2. The molecule has 10 nitrogen and oxygen atoms in total. The van der Waals surface area contributed by atoms with Crippen molar-refractivity contribution >= 4 is 12.0 Å². The van der Waals surface area contributed by atoms with E-state index in [4.69, 9.17) is 9.47 Å². The largest absolute Gasteiger partial charge is 0.449 e. The summed E-state index contributed by atoms with van der Waals surface area (Å²) in [5.74, 6) is 0.144. The normalized spacial score (nSPS) is 21.8. The zero-order chi connectivity index (χ0) is 23.0. The fourth-order valence-electron chi connectivity index (χ4n) is 3.39. The van der Waals surface area contributed by atoms with Crippen molar-refractivity contribution < 1.29 is 25.6 Å². The number of rotatable bonds is 6. The Bertz CT molecular complexity index is 717. The van der Waals surface area contributed by atoms with E-state index in [9.17, 15) is 14.7 Å². The predicted octanol–water partition coefficient (Wildman–Crippen LogP) is 1.77. The van der Waals surface area contributed by atoms with E-state index >= 15 is 0 Å². The van der Waals surface area contributed by atoms with Gasteiger partial charge in [-0.3, -0.25) is 9.48 Å². The third-order valence-electron chi connectivity index (χ3n) is 5.35. The minimum atomic E-state index is -0.407. The number of amides is 2. The summed E-state index contributed by atoms with van der Waals surface area (Å²) < 4.78 is 13.2. The second-order valence-corrected chi connectivity index (χ2v) is 8.83. The predicted molar refractivity (Wildman–Crippen MR) is 116 cm³/mol. The van der Waals surface area contributed by atoms with Crippen LogP contribution in [0.15, 0.2) is 6.20 Å². The molecule has 0 aliphatic carbocycles. The Morgan fingerprint density at radius 3 is 2.87 bits per heavy atom. The van der Waals surface area contributed by atoms with Gasteiger partial charge in [-0.1, -0.05) is 26.0 Å². The zero-order valence-electron chi connectivity index (χ0n) is 19.4. The first-order valence-electron chi connectivity index (χ1n) is 11.0. The van der Waals surface area contributed by atoms with Crippen molar-refractivity contribution in [3.8, 4) is 0 Å². The topological polar surface area (TPSA) is 110 Å². The van der Waals surface area contributed by atoms with Crippen LogP contribution < -0.4 is 0 Å². The number of hydrogen-bond acceptors (Lipinski definition) is 7. The van der Waals surface area contributed by atoms with Gasteiger partial charge in [0.25, 0.3) is 0 Å². The van der Waals surface area contributed by atoms with E-state index in [1.165, 1.54) is 4.90 Å². The van der Waals surface area contributed by atoms with Gasteiger partial charge < -0.3 is 24.4 Å². The lowest BCUT2D eigenvalue weighted by molar-refractivity contribution is -0.136. The van der Waals surface area contributed by atoms with Gasteiger partial charge in [0.1, 0.15) is 5.69 Å². The van der Waals surface area contributed by atoms with E-state index in [1.54, 1.807) is 16.6 Å². The average molecular weight is 442 g/mol. The van der Waals surface area contributed by atoms with Gasteiger partial charge in [-0.25, -0.2) is 4.79 Å². The van der Waals surface area contributed by atoms with E-state index in [-0.39, 0.29) is 44.5 Å². The van der Waals surface area contributed by atoms with Crippen LogP contribution in [-0.2, 0) is 27.4 Å². The van der Waals surface area contributed by atoms with Crippen molar-refractivity contribution in [2.24, 2.45) is 11.8 Å². The Morgan fingerprint density at radius 2 is 2.19 bits per heavy atom. The van der Waals surface area contributed by atoms with Crippen LogP contribution in [0.5, 0.6) is 0 Å². The molecule has 1 aromatic rings. The molecule has 0 aromatic carbocycles. The van der Waals surface area contributed by atoms with Gasteiger partial charge in [0.15, 0.2) is 0 Å². The van der Waals surface area contributed by atoms with Crippen LogP contribution in [0, 0.1) is 11.8 Å². The van der Waals surface area contributed by atoms with Crippen LogP contribution in [0.3, 0.4) is 0 Å². The molecule has 1 aromatic heterocycles. The van der Waals surface area contributed by atoms with Gasteiger partial charge in [0.05, 0.1) is 44.7 Å². The highest BCUT2D eigenvalue weighted by atomic mass is 16.6. The maximum atomic E-state index is 12.9. The van der Waals surface area contributed by atoms with Gasteiger partial charge in [0, 0.05) is 33.9 Å². The Kier molecular flexibility index (Phi) is 9.70.